The van der Waals surface area contributed by atoms with E-state index in [0.717, 1.165) is 0 Å². The number of hydrogen-bond acceptors (Lipinski definition) is 6. The first kappa shape index (κ1) is 14.1. The Morgan fingerprint density at radius 2 is 2.37 bits per heavy atom. The van der Waals surface area contributed by atoms with Crippen LogP contribution in [0.2, 0.25) is 0 Å². The Kier molecular flexibility index (Phi) is 3.97. The maximum atomic E-state index is 10.8. The standard InChI is InChI=1S/C8H13N4O6P/c9-7(13)8-10-4-12(11-8)6-2-1-5(18-6)3-17-19(14,15)16/h4-6H,1-3H2,(H2,9,13)(H2,14,15,16). The van der Waals surface area contributed by atoms with Crippen LogP contribution in [0.25, 0.3) is 0 Å². The van der Waals surface area contributed by atoms with Crippen molar-refractivity contribution in [3.63, 3.8) is 0 Å². The molecule has 1 aliphatic heterocycles. The molecule has 1 aromatic rings. The van der Waals surface area contributed by atoms with Crippen molar-refractivity contribution in [2.45, 2.75) is 25.2 Å². The minimum absolute atomic E-state index is 0.112. The number of carbonyl (C=O) groups excluding carboxylic acids is 1. The first-order chi connectivity index (χ1) is 8.85. The van der Waals surface area contributed by atoms with Crippen LogP contribution in [-0.2, 0) is 13.8 Å². The zero-order valence-electron chi connectivity index (χ0n) is 9.75. The van der Waals surface area contributed by atoms with Gasteiger partial charge in [-0.25, -0.2) is 14.2 Å². The fourth-order valence-corrected chi connectivity index (χ4v) is 2.07. The Balaban J connectivity index is 1.90. The van der Waals surface area contributed by atoms with Crippen LogP contribution in [0.1, 0.15) is 29.7 Å². The molecular weight excluding hydrogens is 279 g/mol. The molecule has 0 spiro atoms. The molecule has 1 aromatic heterocycles. The highest BCUT2D eigenvalue weighted by Gasteiger charge is 2.29. The molecule has 1 aliphatic rings. The van der Waals surface area contributed by atoms with Crippen LogP contribution in [0.3, 0.4) is 0 Å². The van der Waals surface area contributed by atoms with Crippen molar-refractivity contribution in [3.05, 3.63) is 12.2 Å². The molecule has 1 amide bonds. The Morgan fingerprint density at radius 1 is 1.63 bits per heavy atom. The van der Waals surface area contributed by atoms with Gasteiger partial charge in [0.1, 0.15) is 6.33 Å². The molecule has 1 saturated heterocycles. The number of rotatable bonds is 5. The van der Waals surface area contributed by atoms with Crippen LogP contribution in [0, 0.1) is 0 Å². The first-order valence-corrected chi connectivity index (χ1v) is 6.94. The molecule has 0 bridgehead atoms. The van der Waals surface area contributed by atoms with Crippen molar-refractivity contribution in [3.8, 4) is 0 Å². The summed E-state index contributed by atoms with van der Waals surface area (Å²) in [5.41, 5.74) is 5.02. The number of primary amides is 1. The van der Waals surface area contributed by atoms with Gasteiger partial charge in [0, 0.05) is 0 Å². The molecule has 4 N–H and O–H groups in total. The Morgan fingerprint density at radius 3 is 2.95 bits per heavy atom. The molecule has 106 valence electrons. The van der Waals surface area contributed by atoms with Crippen LogP contribution < -0.4 is 5.73 Å². The van der Waals surface area contributed by atoms with E-state index in [1.807, 2.05) is 0 Å². The molecule has 11 heteroatoms. The fraction of sp³-hybridized carbons (Fsp3) is 0.625. The number of aromatic nitrogens is 3. The molecule has 10 nitrogen and oxygen atoms in total. The van der Waals surface area contributed by atoms with Crippen LogP contribution in [-0.4, -0.2) is 43.2 Å². The van der Waals surface area contributed by atoms with E-state index in [9.17, 15) is 9.36 Å². The van der Waals surface area contributed by atoms with Crippen molar-refractivity contribution in [1.82, 2.24) is 14.8 Å². The second kappa shape index (κ2) is 5.35. The second-order valence-electron chi connectivity index (χ2n) is 3.99. The normalized spacial score (nSPS) is 23.7. The third kappa shape index (κ3) is 3.82. The van der Waals surface area contributed by atoms with Crippen molar-refractivity contribution in [2.75, 3.05) is 6.61 Å². The van der Waals surface area contributed by atoms with Gasteiger partial charge in [-0.15, -0.1) is 5.10 Å². The van der Waals surface area contributed by atoms with Crippen molar-refractivity contribution in [1.29, 1.82) is 0 Å². The number of carbonyl (C=O) groups is 1. The number of ether oxygens (including phenoxy) is 1. The van der Waals surface area contributed by atoms with E-state index >= 15 is 0 Å². The van der Waals surface area contributed by atoms with E-state index in [1.54, 1.807) is 0 Å². The van der Waals surface area contributed by atoms with E-state index < -0.39 is 26.1 Å². The number of nitrogens with two attached hydrogens (primary N) is 1. The summed E-state index contributed by atoms with van der Waals surface area (Å²) in [4.78, 5) is 31.7. The number of phosphoric acid groups is 1. The van der Waals surface area contributed by atoms with Gasteiger partial charge in [-0.05, 0) is 12.8 Å². The predicted octanol–water partition coefficient (Wildman–Crippen LogP) is -0.836. The van der Waals surface area contributed by atoms with Gasteiger partial charge < -0.3 is 20.3 Å². The molecule has 0 aromatic carbocycles. The molecule has 0 saturated carbocycles. The fourth-order valence-electron chi connectivity index (χ4n) is 1.71. The van der Waals surface area contributed by atoms with E-state index in [0.29, 0.717) is 12.8 Å². The van der Waals surface area contributed by atoms with E-state index in [2.05, 4.69) is 14.6 Å². The highest BCUT2D eigenvalue weighted by atomic mass is 31.2. The molecule has 0 aliphatic carbocycles. The Hall–Kier alpha value is -1.32. The lowest BCUT2D eigenvalue weighted by molar-refractivity contribution is -0.0280. The largest absolute Gasteiger partial charge is 0.469 e. The second-order valence-corrected chi connectivity index (χ2v) is 5.23. The third-order valence-electron chi connectivity index (χ3n) is 2.54. The summed E-state index contributed by atoms with van der Waals surface area (Å²) in [6.07, 6.45) is 1.54. The summed E-state index contributed by atoms with van der Waals surface area (Å²) in [5.74, 6) is -0.850. The molecule has 1 fully saturated rings. The zero-order valence-corrected chi connectivity index (χ0v) is 10.6. The molecule has 0 radical (unpaired) electrons. The van der Waals surface area contributed by atoms with Gasteiger partial charge >= 0.3 is 7.82 Å². The topological polar surface area (TPSA) is 150 Å². The van der Waals surface area contributed by atoms with Gasteiger partial charge in [-0.1, -0.05) is 0 Å². The maximum absolute atomic E-state index is 10.8. The Bertz CT molecular complexity index is 513. The van der Waals surface area contributed by atoms with Crippen molar-refractivity contribution < 1.29 is 28.4 Å². The zero-order chi connectivity index (χ0) is 14.0. The minimum Gasteiger partial charge on any atom is -0.363 e. The third-order valence-corrected chi connectivity index (χ3v) is 3.02. The highest BCUT2D eigenvalue weighted by Crippen LogP contribution is 2.37. The molecule has 2 rings (SSSR count). The predicted molar refractivity (Wildman–Crippen MR) is 59.7 cm³/mol. The highest BCUT2D eigenvalue weighted by molar-refractivity contribution is 7.46. The van der Waals surface area contributed by atoms with Crippen molar-refractivity contribution >= 4 is 13.7 Å². The van der Waals surface area contributed by atoms with Crippen LogP contribution in [0.15, 0.2) is 6.33 Å². The van der Waals surface area contributed by atoms with Gasteiger partial charge in [-0.3, -0.25) is 9.32 Å². The summed E-state index contributed by atoms with van der Waals surface area (Å²) in [7, 11) is -4.49. The monoisotopic (exact) mass is 292 g/mol. The summed E-state index contributed by atoms with van der Waals surface area (Å²) < 4.78 is 21.7. The van der Waals surface area contributed by atoms with E-state index in [1.165, 1.54) is 11.0 Å². The average Bonchev–Trinajstić information content (AvgIpc) is 2.94. The lowest BCUT2D eigenvalue weighted by Crippen LogP contribution is -2.17. The van der Waals surface area contributed by atoms with E-state index in [-0.39, 0.29) is 12.4 Å². The van der Waals surface area contributed by atoms with Gasteiger partial charge in [-0.2, -0.15) is 0 Å². The number of amides is 1. The maximum Gasteiger partial charge on any atom is 0.469 e. The van der Waals surface area contributed by atoms with Gasteiger partial charge in [0.15, 0.2) is 6.23 Å². The Labute approximate surface area is 107 Å². The quantitative estimate of drug-likeness (QED) is 0.595. The van der Waals surface area contributed by atoms with Crippen LogP contribution in [0.4, 0.5) is 0 Å². The van der Waals surface area contributed by atoms with Gasteiger partial charge in [0.2, 0.25) is 5.82 Å². The summed E-state index contributed by atoms with van der Waals surface area (Å²) in [6, 6.07) is 0. The summed E-state index contributed by atoms with van der Waals surface area (Å²) >= 11 is 0. The molecular formula is C8H13N4O6P. The first-order valence-electron chi connectivity index (χ1n) is 5.41. The number of hydrogen-bond donors (Lipinski definition) is 3. The smallest absolute Gasteiger partial charge is 0.363 e. The lowest BCUT2D eigenvalue weighted by atomic mass is 10.2. The van der Waals surface area contributed by atoms with Crippen LogP contribution >= 0.6 is 7.82 Å². The molecule has 19 heavy (non-hydrogen) atoms. The SMILES string of the molecule is NC(=O)c1ncn(C2CCC(COP(=O)(O)O)O2)n1. The van der Waals surface area contributed by atoms with E-state index in [4.69, 9.17) is 20.3 Å². The summed E-state index contributed by atoms with van der Waals surface area (Å²) in [6.45, 7) is -0.210. The minimum atomic E-state index is -4.49. The molecule has 2 unspecified atom stereocenters. The van der Waals surface area contributed by atoms with Crippen LogP contribution in [0.5, 0.6) is 0 Å². The molecule has 2 heterocycles. The number of phosphoric ester groups is 1. The summed E-state index contributed by atoms with van der Waals surface area (Å²) in [5, 5.41) is 3.85. The van der Waals surface area contributed by atoms with Crippen molar-refractivity contribution in [2.24, 2.45) is 5.73 Å². The van der Waals surface area contributed by atoms with Gasteiger partial charge in [0.05, 0.1) is 12.7 Å². The molecule has 2 atom stereocenters. The van der Waals surface area contributed by atoms with Gasteiger partial charge in [0.25, 0.3) is 5.91 Å². The number of nitrogens with zero attached hydrogens (tertiary/aromatic N) is 3. The lowest BCUT2D eigenvalue weighted by Gasteiger charge is -2.13. The average molecular weight is 292 g/mol.